The highest BCUT2D eigenvalue weighted by atomic mass is 16.5. The first-order valence-electron chi connectivity index (χ1n) is 4.75. The minimum absolute atomic E-state index is 0.0745. The zero-order valence-electron chi connectivity index (χ0n) is 8.84. The van der Waals surface area contributed by atoms with Crippen LogP contribution in [-0.2, 0) is 20.9 Å². The molecule has 0 heterocycles. The smallest absolute Gasteiger partial charge is 0.331 e. The highest BCUT2D eigenvalue weighted by Gasteiger charge is 2.24. The van der Waals surface area contributed by atoms with Crippen molar-refractivity contribution in [2.24, 2.45) is 5.92 Å². The Bertz CT molecular complexity index is 420. The lowest BCUT2D eigenvalue weighted by Gasteiger charge is -2.06. The second kappa shape index (κ2) is 5.66. The van der Waals surface area contributed by atoms with Crippen LogP contribution in [0.5, 0.6) is 0 Å². The van der Waals surface area contributed by atoms with Gasteiger partial charge in [0.1, 0.15) is 6.61 Å². The standard InChI is InChI=1S/C12H11NO3/c1-9(14)11(7-13)12(15)16-8-10-5-3-2-4-6-10/h2-6,11H,8H2,1H3. The third-order valence-corrected chi connectivity index (χ3v) is 2.00. The van der Waals surface area contributed by atoms with Gasteiger partial charge < -0.3 is 4.74 Å². The molecule has 0 saturated heterocycles. The molecule has 0 aromatic heterocycles. The number of nitriles is 1. The van der Waals surface area contributed by atoms with Gasteiger partial charge >= 0.3 is 5.97 Å². The average molecular weight is 217 g/mol. The van der Waals surface area contributed by atoms with Crippen molar-refractivity contribution in [3.63, 3.8) is 0 Å². The topological polar surface area (TPSA) is 67.2 Å². The van der Waals surface area contributed by atoms with Crippen molar-refractivity contribution in [2.75, 3.05) is 0 Å². The normalized spacial score (nSPS) is 11.2. The molecule has 0 aliphatic heterocycles. The van der Waals surface area contributed by atoms with Gasteiger partial charge in [-0.1, -0.05) is 30.3 Å². The summed E-state index contributed by atoms with van der Waals surface area (Å²) in [6.07, 6.45) is 0. The zero-order chi connectivity index (χ0) is 12.0. The molecule has 0 aliphatic carbocycles. The zero-order valence-corrected chi connectivity index (χ0v) is 8.84. The number of carbonyl (C=O) groups excluding carboxylic acids is 2. The molecule has 16 heavy (non-hydrogen) atoms. The van der Waals surface area contributed by atoms with Gasteiger partial charge in [0.2, 0.25) is 5.92 Å². The summed E-state index contributed by atoms with van der Waals surface area (Å²) in [7, 11) is 0. The molecule has 0 fully saturated rings. The molecular formula is C12H11NO3. The maximum Gasteiger partial charge on any atom is 0.331 e. The molecule has 0 saturated carbocycles. The molecule has 4 nitrogen and oxygen atoms in total. The SMILES string of the molecule is CC(=O)C(C#N)C(=O)OCc1ccccc1. The second-order valence-electron chi connectivity index (χ2n) is 3.27. The number of ether oxygens (including phenoxy) is 1. The molecule has 0 aliphatic rings. The van der Waals surface area contributed by atoms with E-state index >= 15 is 0 Å². The first-order chi connectivity index (χ1) is 7.65. The lowest BCUT2D eigenvalue weighted by atomic mass is 10.1. The Labute approximate surface area is 93.5 Å². The van der Waals surface area contributed by atoms with Crippen molar-refractivity contribution >= 4 is 11.8 Å². The Balaban J connectivity index is 2.54. The molecule has 0 amide bonds. The fourth-order valence-electron chi connectivity index (χ4n) is 1.12. The van der Waals surface area contributed by atoms with E-state index in [1.54, 1.807) is 18.2 Å². The van der Waals surface area contributed by atoms with Gasteiger partial charge in [0, 0.05) is 0 Å². The maximum atomic E-state index is 11.3. The third-order valence-electron chi connectivity index (χ3n) is 2.00. The molecule has 1 unspecified atom stereocenters. The van der Waals surface area contributed by atoms with Crippen LogP contribution in [0, 0.1) is 17.2 Å². The summed E-state index contributed by atoms with van der Waals surface area (Å²) < 4.78 is 4.86. The Morgan fingerprint density at radius 2 is 2.00 bits per heavy atom. The molecule has 1 aromatic rings. The molecule has 82 valence electrons. The predicted octanol–water partition coefficient (Wildman–Crippen LogP) is 1.46. The van der Waals surface area contributed by atoms with Gasteiger partial charge in [0.15, 0.2) is 5.78 Å². The molecule has 1 atom stereocenters. The second-order valence-corrected chi connectivity index (χ2v) is 3.27. The van der Waals surface area contributed by atoms with Gasteiger partial charge in [-0.3, -0.25) is 9.59 Å². The summed E-state index contributed by atoms with van der Waals surface area (Å²) in [5, 5.41) is 8.59. The molecular weight excluding hydrogens is 206 g/mol. The monoisotopic (exact) mass is 217 g/mol. The highest BCUT2D eigenvalue weighted by Crippen LogP contribution is 2.05. The Morgan fingerprint density at radius 3 is 2.50 bits per heavy atom. The molecule has 4 heteroatoms. The van der Waals surface area contributed by atoms with Crippen LogP contribution in [0.4, 0.5) is 0 Å². The predicted molar refractivity (Wildman–Crippen MR) is 56.0 cm³/mol. The molecule has 1 aromatic carbocycles. The number of carbonyl (C=O) groups is 2. The minimum Gasteiger partial charge on any atom is -0.460 e. The number of ketones is 1. The summed E-state index contributed by atoms with van der Waals surface area (Å²) in [5.41, 5.74) is 0.816. The van der Waals surface area contributed by atoms with Gasteiger partial charge in [-0.15, -0.1) is 0 Å². The van der Waals surface area contributed by atoms with Crippen molar-refractivity contribution in [3.8, 4) is 6.07 Å². The number of hydrogen-bond acceptors (Lipinski definition) is 4. The van der Waals surface area contributed by atoms with Crippen LogP contribution in [0.25, 0.3) is 0 Å². The van der Waals surface area contributed by atoms with E-state index in [0.29, 0.717) is 0 Å². The lowest BCUT2D eigenvalue weighted by Crippen LogP contribution is -2.22. The highest BCUT2D eigenvalue weighted by molar-refractivity contribution is 6.00. The van der Waals surface area contributed by atoms with Crippen molar-refractivity contribution in [3.05, 3.63) is 35.9 Å². The maximum absolute atomic E-state index is 11.3. The first-order valence-corrected chi connectivity index (χ1v) is 4.75. The van der Waals surface area contributed by atoms with Crippen molar-refractivity contribution in [1.82, 2.24) is 0 Å². The van der Waals surface area contributed by atoms with Gasteiger partial charge in [-0.2, -0.15) is 5.26 Å². The lowest BCUT2D eigenvalue weighted by molar-refractivity contribution is -0.150. The minimum atomic E-state index is -1.32. The third kappa shape index (κ3) is 3.21. The Morgan fingerprint density at radius 1 is 1.38 bits per heavy atom. The largest absolute Gasteiger partial charge is 0.460 e. The fourth-order valence-corrected chi connectivity index (χ4v) is 1.12. The Hall–Kier alpha value is -2.15. The van der Waals surface area contributed by atoms with E-state index in [4.69, 9.17) is 10.00 Å². The number of rotatable bonds is 4. The summed E-state index contributed by atoms with van der Waals surface area (Å²) in [4.78, 5) is 22.2. The quantitative estimate of drug-likeness (QED) is 0.565. The van der Waals surface area contributed by atoms with E-state index in [1.807, 2.05) is 18.2 Å². The van der Waals surface area contributed by atoms with Crippen LogP contribution in [0.3, 0.4) is 0 Å². The average Bonchev–Trinajstić information content (AvgIpc) is 2.28. The van der Waals surface area contributed by atoms with Crippen molar-refractivity contribution in [1.29, 1.82) is 5.26 Å². The van der Waals surface area contributed by atoms with Crippen LogP contribution in [-0.4, -0.2) is 11.8 Å². The molecule has 1 rings (SSSR count). The first kappa shape index (κ1) is 11.9. The number of hydrogen-bond donors (Lipinski definition) is 0. The molecule has 0 radical (unpaired) electrons. The van der Waals surface area contributed by atoms with Gasteiger partial charge in [0.05, 0.1) is 6.07 Å². The number of nitrogens with zero attached hydrogens (tertiary/aromatic N) is 1. The number of esters is 1. The van der Waals surface area contributed by atoms with Crippen LogP contribution < -0.4 is 0 Å². The van der Waals surface area contributed by atoms with Crippen LogP contribution in [0.15, 0.2) is 30.3 Å². The van der Waals surface area contributed by atoms with E-state index in [9.17, 15) is 9.59 Å². The molecule has 0 N–H and O–H groups in total. The van der Waals surface area contributed by atoms with Crippen LogP contribution >= 0.6 is 0 Å². The number of benzene rings is 1. The van der Waals surface area contributed by atoms with Gasteiger partial charge in [-0.05, 0) is 12.5 Å². The fraction of sp³-hybridized carbons (Fsp3) is 0.250. The van der Waals surface area contributed by atoms with E-state index in [0.717, 1.165) is 5.56 Å². The molecule has 0 spiro atoms. The van der Waals surface area contributed by atoms with Crippen molar-refractivity contribution in [2.45, 2.75) is 13.5 Å². The van der Waals surface area contributed by atoms with Gasteiger partial charge in [0.25, 0.3) is 0 Å². The van der Waals surface area contributed by atoms with Crippen LogP contribution in [0.1, 0.15) is 12.5 Å². The van der Waals surface area contributed by atoms with E-state index < -0.39 is 17.7 Å². The van der Waals surface area contributed by atoms with E-state index in [1.165, 1.54) is 6.92 Å². The number of Topliss-reactive ketones (excluding diaryl/α,β-unsaturated/α-hetero) is 1. The summed E-state index contributed by atoms with van der Waals surface area (Å²) in [6.45, 7) is 1.27. The molecule has 0 bridgehead atoms. The summed E-state index contributed by atoms with van der Waals surface area (Å²) >= 11 is 0. The summed E-state index contributed by atoms with van der Waals surface area (Å²) in [5.74, 6) is -2.61. The van der Waals surface area contributed by atoms with Gasteiger partial charge in [-0.25, -0.2) is 0 Å². The Kier molecular flexibility index (Phi) is 4.22. The van der Waals surface area contributed by atoms with E-state index in [-0.39, 0.29) is 6.61 Å². The van der Waals surface area contributed by atoms with E-state index in [2.05, 4.69) is 0 Å². The van der Waals surface area contributed by atoms with Crippen LogP contribution in [0.2, 0.25) is 0 Å². The summed E-state index contributed by atoms with van der Waals surface area (Å²) in [6, 6.07) is 10.7. The van der Waals surface area contributed by atoms with Crippen molar-refractivity contribution < 1.29 is 14.3 Å².